The molecule has 0 saturated carbocycles. The van der Waals surface area contributed by atoms with Crippen molar-refractivity contribution >= 4 is 0 Å². The molecule has 0 aliphatic rings. The van der Waals surface area contributed by atoms with Crippen LogP contribution in [0.4, 0.5) is 0 Å². The van der Waals surface area contributed by atoms with Crippen LogP contribution in [0.5, 0.6) is 0 Å². The molecule has 0 aromatic carbocycles. The summed E-state index contributed by atoms with van der Waals surface area (Å²) in [6, 6.07) is 0. The number of aliphatic hydroxyl groups is 1. The number of hydrogen-bond acceptors (Lipinski definition) is 2. The van der Waals surface area contributed by atoms with Gasteiger partial charge in [0.1, 0.15) is 0 Å². The molecule has 0 aliphatic carbocycles. The zero-order chi connectivity index (χ0) is 8.53. The third-order valence-corrected chi connectivity index (χ3v) is 1.65. The number of unbranched alkanes of at least 4 members (excludes halogenated alkanes) is 1. The zero-order valence-corrected chi connectivity index (χ0v) is 7.42. The van der Waals surface area contributed by atoms with E-state index < -0.39 is 0 Å². The lowest BCUT2D eigenvalue weighted by molar-refractivity contribution is 0.246. The Kier molecular flexibility index (Phi) is 7.52. The van der Waals surface area contributed by atoms with Crippen molar-refractivity contribution in [2.24, 2.45) is 0 Å². The quantitative estimate of drug-likeness (QED) is 0.444. The van der Waals surface area contributed by atoms with Crippen LogP contribution in [0.25, 0.3) is 0 Å². The van der Waals surface area contributed by atoms with Gasteiger partial charge >= 0.3 is 0 Å². The largest absolute Gasteiger partial charge is 0.396 e. The van der Waals surface area contributed by atoms with Gasteiger partial charge in [0.05, 0.1) is 0 Å². The monoisotopic (exact) mass is 157 g/mol. The number of hydrogen-bond donors (Lipinski definition) is 1. The summed E-state index contributed by atoms with van der Waals surface area (Å²) in [6.45, 7) is 6.06. The van der Waals surface area contributed by atoms with Crippen LogP contribution in [0.3, 0.4) is 0 Å². The predicted molar refractivity (Wildman–Crippen MR) is 48.6 cm³/mol. The molecule has 0 bridgehead atoms. The molecule has 0 fully saturated rings. The summed E-state index contributed by atoms with van der Waals surface area (Å²) < 4.78 is 0. The van der Waals surface area contributed by atoms with E-state index in [9.17, 15) is 0 Å². The zero-order valence-electron chi connectivity index (χ0n) is 7.42. The third-order valence-electron chi connectivity index (χ3n) is 1.65. The van der Waals surface area contributed by atoms with Gasteiger partial charge in [0.25, 0.3) is 0 Å². The van der Waals surface area contributed by atoms with Crippen LogP contribution in [0.2, 0.25) is 0 Å². The van der Waals surface area contributed by atoms with Crippen LogP contribution in [0.15, 0.2) is 12.7 Å². The molecule has 0 unspecified atom stereocenters. The van der Waals surface area contributed by atoms with Crippen LogP contribution in [0, 0.1) is 0 Å². The molecule has 0 aromatic rings. The number of allylic oxidation sites excluding steroid dienone is 1. The van der Waals surface area contributed by atoms with E-state index in [4.69, 9.17) is 5.11 Å². The van der Waals surface area contributed by atoms with Crippen molar-refractivity contribution in [3.05, 3.63) is 12.7 Å². The second-order valence-corrected chi connectivity index (χ2v) is 2.81. The second kappa shape index (κ2) is 7.76. The molecular formula is C9H19NO. The normalized spacial score (nSPS) is 10.5. The van der Waals surface area contributed by atoms with Gasteiger partial charge in [-0.05, 0) is 32.9 Å². The molecule has 0 atom stereocenters. The molecule has 11 heavy (non-hydrogen) atoms. The van der Waals surface area contributed by atoms with E-state index in [0.717, 1.165) is 25.9 Å². The van der Waals surface area contributed by atoms with Crippen molar-refractivity contribution in [1.29, 1.82) is 0 Å². The van der Waals surface area contributed by atoms with Gasteiger partial charge in [-0.25, -0.2) is 0 Å². The van der Waals surface area contributed by atoms with Crippen LogP contribution >= 0.6 is 0 Å². The Hall–Kier alpha value is -0.340. The van der Waals surface area contributed by atoms with E-state index in [-0.39, 0.29) is 0 Å². The number of nitrogens with zero attached hydrogens (tertiary/aromatic N) is 1. The highest BCUT2D eigenvalue weighted by atomic mass is 16.3. The Morgan fingerprint density at radius 2 is 2.00 bits per heavy atom. The Morgan fingerprint density at radius 1 is 1.36 bits per heavy atom. The van der Waals surface area contributed by atoms with Gasteiger partial charge in [0.2, 0.25) is 0 Å². The standard InChI is InChI=1S/C9H19NO/c1-3-4-5-7-10(2)8-6-9-11/h3,11H,1,4-9H2,2H3. The molecule has 0 spiro atoms. The van der Waals surface area contributed by atoms with Crippen molar-refractivity contribution in [1.82, 2.24) is 4.90 Å². The van der Waals surface area contributed by atoms with Gasteiger partial charge < -0.3 is 10.0 Å². The molecular weight excluding hydrogens is 138 g/mol. The highest BCUT2D eigenvalue weighted by Crippen LogP contribution is 1.93. The molecule has 0 rings (SSSR count). The minimum atomic E-state index is 0.297. The van der Waals surface area contributed by atoms with E-state index in [2.05, 4.69) is 18.5 Å². The maximum Gasteiger partial charge on any atom is 0.0443 e. The molecule has 1 N–H and O–H groups in total. The van der Waals surface area contributed by atoms with Gasteiger partial charge in [0.15, 0.2) is 0 Å². The van der Waals surface area contributed by atoms with Crippen molar-refractivity contribution in [3.8, 4) is 0 Å². The molecule has 0 amide bonds. The first-order valence-electron chi connectivity index (χ1n) is 4.21. The molecule has 0 aromatic heterocycles. The lowest BCUT2D eigenvalue weighted by Gasteiger charge is -2.14. The summed E-state index contributed by atoms with van der Waals surface area (Å²) in [5.41, 5.74) is 0. The van der Waals surface area contributed by atoms with Crippen molar-refractivity contribution < 1.29 is 5.11 Å². The fourth-order valence-corrected chi connectivity index (χ4v) is 0.958. The summed E-state index contributed by atoms with van der Waals surface area (Å²) in [4.78, 5) is 2.24. The third kappa shape index (κ3) is 7.56. The lowest BCUT2D eigenvalue weighted by atomic mass is 10.3. The van der Waals surface area contributed by atoms with Crippen molar-refractivity contribution in [2.75, 3.05) is 26.7 Å². The summed E-state index contributed by atoms with van der Waals surface area (Å²) in [5.74, 6) is 0. The average Bonchev–Trinajstić information content (AvgIpc) is 2.01. The highest BCUT2D eigenvalue weighted by molar-refractivity contribution is 4.66. The molecule has 0 saturated heterocycles. The van der Waals surface area contributed by atoms with E-state index in [1.165, 1.54) is 6.42 Å². The highest BCUT2D eigenvalue weighted by Gasteiger charge is 1.95. The Balaban J connectivity index is 3.08. The van der Waals surface area contributed by atoms with Crippen LogP contribution in [-0.4, -0.2) is 36.8 Å². The maximum atomic E-state index is 8.54. The van der Waals surface area contributed by atoms with Crippen LogP contribution in [0.1, 0.15) is 19.3 Å². The molecule has 0 aliphatic heterocycles. The molecule has 0 heterocycles. The lowest BCUT2D eigenvalue weighted by Crippen LogP contribution is -2.21. The summed E-state index contributed by atoms with van der Waals surface area (Å²) in [5, 5.41) is 8.54. The van der Waals surface area contributed by atoms with E-state index in [0.29, 0.717) is 6.61 Å². The summed E-state index contributed by atoms with van der Waals surface area (Å²) >= 11 is 0. The first-order valence-corrected chi connectivity index (χ1v) is 4.21. The van der Waals surface area contributed by atoms with Crippen molar-refractivity contribution in [3.63, 3.8) is 0 Å². The van der Waals surface area contributed by atoms with Gasteiger partial charge in [-0.1, -0.05) is 6.08 Å². The Morgan fingerprint density at radius 3 is 2.55 bits per heavy atom. The van der Waals surface area contributed by atoms with E-state index in [1.807, 2.05) is 6.08 Å². The molecule has 66 valence electrons. The number of rotatable bonds is 7. The van der Waals surface area contributed by atoms with Crippen LogP contribution < -0.4 is 0 Å². The Labute approximate surface area is 69.5 Å². The summed E-state index contributed by atoms with van der Waals surface area (Å²) in [7, 11) is 2.08. The van der Waals surface area contributed by atoms with E-state index >= 15 is 0 Å². The fourth-order valence-electron chi connectivity index (χ4n) is 0.958. The van der Waals surface area contributed by atoms with Gasteiger partial charge in [-0.3, -0.25) is 0 Å². The second-order valence-electron chi connectivity index (χ2n) is 2.81. The smallest absolute Gasteiger partial charge is 0.0443 e. The minimum Gasteiger partial charge on any atom is -0.396 e. The molecule has 2 nitrogen and oxygen atoms in total. The van der Waals surface area contributed by atoms with Gasteiger partial charge in [0, 0.05) is 13.2 Å². The summed E-state index contributed by atoms with van der Waals surface area (Å²) in [6.07, 6.45) is 5.08. The molecule has 2 heteroatoms. The minimum absolute atomic E-state index is 0.297. The fraction of sp³-hybridized carbons (Fsp3) is 0.778. The van der Waals surface area contributed by atoms with Crippen LogP contribution in [-0.2, 0) is 0 Å². The SMILES string of the molecule is C=CCCCN(C)CCCO. The van der Waals surface area contributed by atoms with Gasteiger partial charge in [-0.2, -0.15) is 0 Å². The van der Waals surface area contributed by atoms with Gasteiger partial charge in [-0.15, -0.1) is 6.58 Å². The van der Waals surface area contributed by atoms with E-state index in [1.54, 1.807) is 0 Å². The number of aliphatic hydroxyl groups excluding tert-OH is 1. The Bertz CT molecular complexity index is 93.6. The average molecular weight is 157 g/mol. The first kappa shape index (κ1) is 10.7. The first-order chi connectivity index (χ1) is 5.31. The topological polar surface area (TPSA) is 23.5 Å². The van der Waals surface area contributed by atoms with Crippen molar-refractivity contribution in [2.45, 2.75) is 19.3 Å². The maximum absolute atomic E-state index is 8.54. The predicted octanol–water partition coefficient (Wildman–Crippen LogP) is 1.27. The molecule has 0 radical (unpaired) electrons.